The minimum absolute atomic E-state index is 0.0487. The van der Waals surface area contributed by atoms with E-state index in [2.05, 4.69) is 10.4 Å². The van der Waals surface area contributed by atoms with E-state index in [-0.39, 0.29) is 17.9 Å². The van der Waals surface area contributed by atoms with Gasteiger partial charge in [0.25, 0.3) is 0 Å². The van der Waals surface area contributed by atoms with Crippen LogP contribution in [0.25, 0.3) is 0 Å². The van der Waals surface area contributed by atoms with E-state index in [9.17, 15) is 4.79 Å². The minimum Gasteiger partial charge on any atom is -0.354 e. The Morgan fingerprint density at radius 3 is 3.07 bits per heavy atom. The van der Waals surface area contributed by atoms with Gasteiger partial charge in [0.2, 0.25) is 5.91 Å². The Morgan fingerprint density at radius 1 is 1.71 bits per heavy atom. The fourth-order valence-electron chi connectivity index (χ4n) is 1.37. The maximum atomic E-state index is 11.3. The first-order valence-electron chi connectivity index (χ1n) is 4.78. The van der Waals surface area contributed by atoms with Crippen molar-refractivity contribution in [3.63, 3.8) is 0 Å². The van der Waals surface area contributed by atoms with E-state index in [0.717, 1.165) is 6.42 Å². The van der Waals surface area contributed by atoms with E-state index in [1.807, 2.05) is 12.3 Å². The third-order valence-electron chi connectivity index (χ3n) is 2.38. The highest BCUT2D eigenvalue weighted by molar-refractivity contribution is 5.82. The van der Waals surface area contributed by atoms with Crippen LogP contribution in [-0.4, -0.2) is 28.3 Å². The normalized spacial score (nSPS) is 24.6. The maximum Gasteiger partial charge on any atom is 0.224 e. The molecule has 1 amide bonds. The van der Waals surface area contributed by atoms with Gasteiger partial charge in [-0.25, -0.2) is 0 Å². The number of hydrogen-bond donors (Lipinski definition) is 2. The van der Waals surface area contributed by atoms with Gasteiger partial charge in [0.1, 0.15) is 0 Å². The topological polar surface area (TPSA) is 72.9 Å². The second-order valence-electron chi connectivity index (χ2n) is 3.57. The molecule has 76 valence electrons. The van der Waals surface area contributed by atoms with Crippen molar-refractivity contribution in [3.8, 4) is 0 Å². The lowest BCUT2D eigenvalue weighted by Gasteiger charge is -2.04. The predicted molar refractivity (Wildman–Crippen MR) is 51.3 cm³/mol. The molecule has 5 heteroatoms. The number of rotatable bonds is 4. The Bertz CT molecular complexity index is 309. The zero-order chi connectivity index (χ0) is 9.97. The van der Waals surface area contributed by atoms with Gasteiger partial charge in [-0.1, -0.05) is 0 Å². The number of nitrogens with one attached hydrogen (secondary N) is 1. The number of carbonyl (C=O) groups is 1. The lowest BCUT2D eigenvalue weighted by molar-refractivity contribution is -0.122. The van der Waals surface area contributed by atoms with Crippen LogP contribution in [0.3, 0.4) is 0 Å². The zero-order valence-electron chi connectivity index (χ0n) is 7.89. The average molecular weight is 194 g/mol. The monoisotopic (exact) mass is 194 g/mol. The number of nitrogens with two attached hydrogens (primary N) is 1. The van der Waals surface area contributed by atoms with E-state index in [1.165, 1.54) is 0 Å². The van der Waals surface area contributed by atoms with Crippen LogP contribution in [-0.2, 0) is 11.3 Å². The van der Waals surface area contributed by atoms with Crippen molar-refractivity contribution in [1.29, 1.82) is 0 Å². The van der Waals surface area contributed by atoms with E-state index in [4.69, 9.17) is 5.73 Å². The summed E-state index contributed by atoms with van der Waals surface area (Å²) in [5.74, 6) is 0.122. The summed E-state index contributed by atoms with van der Waals surface area (Å²) < 4.78 is 1.78. The van der Waals surface area contributed by atoms with Gasteiger partial charge in [-0.05, 0) is 12.5 Å². The quantitative estimate of drug-likeness (QED) is 0.668. The van der Waals surface area contributed by atoms with Crippen LogP contribution in [0, 0.1) is 5.92 Å². The standard InChI is InChI=1S/C9H14N4O/c10-8-6-7(8)9(14)11-3-5-13-4-1-2-12-13/h1-2,4,7-8H,3,5-6,10H2,(H,11,14). The van der Waals surface area contributed by atoms with Crippen molar-refractivity contribution >= 4 is 5.91 Å². The molecule has 0 spiro atoms. The zero-order valence-corrected chi connectivity index (χ0v) is 7.89. The molecule has 14 heavy (non-hydrogen) atoms. The predicted octanol–water partition coefficient (Wildman–Crippen LogP) is -0.654. The summed E-state index contributed by atoms with van der Waals surface area (Å²) in [6, 6.07) is 1.94. The Kier molecular flexibility index (Phi) is 2.49. The molecular weight excluding hydrogens is 180 g/mol. The van der Waals surface area contributed by atoms with Crippen molar-refractivity contribution in [2.45, 2.75) is 19.0 Å². The number of nitrogens with zero attached hydrogens (tertiary/aromatic N) is 2. The molecule has 1 saturated carbocycles. The summed E-state index contributed by atoms with van der Waals surface area (Å²) in [4.78, 5) is 11.3. The van der Waals surface area contributed by atoms with E-state index in [1.54, 1.807) is 10.9 Å². The van der Waals surface area contributed by atoms with E-state index >= 15 is 0 Å². The second-order valence-corrected chi connectivity index (χ2v) is 3.57. The molecule has 0 bridgehead atoms. The first kappa shape index (κ1) is 9.21. The van der Waals surface area contributed by atoms with Crippen molar-refractivity contribution in [1.82, 2.24) is 15.1 Å². The van der Waals surface area contributed by atoms with Gasteiger partial charge in [-0.15, -0.1) is 0 Å². The van der Waals surface area contributed by atoms with Crippen LogP contribution in [0.15, 0.2) is 18.5 Å². The van der Waals surface area contributed by atoms with Crippen molar-refractivity contribution < 1.29 is 4.79 Å². The highest BCUT2D eigenvalue weighted by Crippen LogP contribution is 2.27. The van der Waals surface area contributed by atoms with Gasteiger partial charge < -0.3 is 11.1 Å². The molecular formula is C9H14N4O. The fraction of sp³-hybridized carbons (Fsp3) is 0.556. The van der Waals surface area contributed by atoms with Gasteiger partial charge in [0, 0.05) is 25.0 Å². The third kappa shape index (κ3) is 2.11. The summed E-state index contributed by atoms with van der Waals surface area (Å²) >= 11 is 0. The molecule has 1 fully saturated rings. The number of aromatic nitrogens is 2. The molecule has 1 aliphatic rings. The first-order chi connectivity index (χ1) is 6.77. The van der Waals surface area contributed by atoms with Gasteiger partial charge in [0.15, 0.2) is 0 Å². The SMILES string of the molecule is NC1CC1C(=O)NCCn1cccn1. The molecule has 3 N–H and O–H groups in total. The van der Waals surface area contributed by atoms with Crippen molar-refractivity contribution in [2.75, 3.05) is 6.54 Å². The van der Waals surface area contributed by atoms with E-state index in [0.29, 0.717) is 13.1 Å². The lowest BCUT2D eigenvalue weighted by Crippen LogP contribution is -2.30. The van der Waals surface area contributed by atoms with Gasteiger partial charge in [0.05, 0.1) is 12.5 Å². The summed E-state index contributed by atoms with van der Waals surface area (Å²) in [6.07, 6.45) is 4.42. The van der Waals surface area contributed by atoms with Gasteiger partial charge in [-0.2, -0.15) is 5.10 Å². The number of hydrogen-bond acceptors (Lipinski definition) is 3. The number of carbonyl (C=O) groups excluding carboxylic acids is 1. The molecule has 0 aliphatic heterocycles. The van der Waals surface area contributed by atoms with Gasteiger partial charge >= 0.3 is 0 Å². The Hall–Kier alpha value is -1.36. The highest BCUT2D eigenvalue weighted by Gasteiger charge is 2.39. The molecule has 2 atom stereocenters. The number of amides is 1. The average Bonchev–Trinajstić information content (AvgIpc) is 2.68. The van der Waals surface area contributed by atoms with E-state index < -0.39 is 0 Å². The van der Waals surface area contributed by atoms with Crippen LogP contribution in [0.1, 0.15) is 6.42 Å². The molecule has 0 aromatic carbocycles. The second kappa shape index (κ2) is 3.79. The van der Waals surface area contributed by atoms with Crippen LogP contribution in [0.2, 0.25) is 0 Å². The smallest absolute Gasteiger partial charge is 0.224 e. The first-order valence-corrected chi connectivity index (χ1v) is 4.78. The van der Waals surface area contributed by atoms with Crippen LogP contribution in [0.5, 0.6) is 0 Å². The molecule has 1 heterocycles. The molecule has 2 rings (SSSR count). The maximum absolute atomic E-state index is 11.3. The van der Waals surface area contributed by atoms with Crippen molar-refractivity contribution in [3.05, 3.63) is 18.5 Å². The summed E-state index contributed by atoms with van der Waals surface area (Å²) in [5.41, 5.74) is 5.56. The third-order valence-corrected chi connectivity index (χ3v) is 2.38. The molecule has 0 saturated heterocycles. The minimum atomic E-state index is 0.0487. The van der Waals surface area contributed by atoms with Crippen LogP contribution < -0.4 is 11.1 Å². The Labute approximate surface area is 82.3 Å². The lowest BCUT2D eigenvalue weighted by atomic mass is 10.4. The van der Waals surface area contributed by atoms with Crippen molar-refractivity contribution in [2.24, 2.45) is 11.7 Å². The molecule has 5 nitrogen and oxygen atoms in total. The summed E-state index contributed by atoms with van der Waals surface area (Å²) in [7, 11) is 0. The highest BCUT2D eigenvalue weighted by atomic mass is 16.2. The molecule has 0 radical (unpaired) electrons. The molecule has 1 aromatic heterocycles. The van der Waals surface area contributed by atoms with Gasteiger partial charge in [-0.3, -0.25) is 9.48 Å². The molecule has 1 aliphatic carbocycles. The Balaban J connectivity index is 1.66. The molecule has 1 aromatic rings. The Morgan fingerprint density at radius 2 is 2.50 bits per heavy atom. The van der Waals surface area contributed by atoms with Crippen LogP contribution in [0.4, 0.5) is 0 Å². The van der Waals surface area contributed by atoms with Crippen LogP contribution >= 0.6 is 0 Å². The fourth-order valence-corrected chi connectivity index (χ4v) is 1.37. The summed E-state index contributed by atoms with van der Waals surface area (Å²) in [6.45, 7) is 1.32. The molecule has 2 unspecified atom stereocenters. The summed E-state index contributed by atoms with van der Waals surface area (Å²) in [5, 5.41) is 6.86. The largest absolute Gasteiger partial charge is 0.354 e.